The van der Waals surface area contributed by atoms with Crippen LogP contribution in [-0.4, -0.2) is 29.7 Å². The summed E-state index contributed by atoms with van der Waals surface area (Å²) in [5, 5.41) is -5.06. The maximum Gasteiger partial charge on any atom is 0.428 e. The molecule has 0 spiro atoms. The molecule has 0 aromatic carbocycles. The summed E-state index contributed by atoms with van der Waals surface area (Å²) < 4.78 is 88.0. The molecule has 1 saturated heterocycles. The Morgan fingerprint density at radius 3 is 1.57 bits per heavy atom. The molecule has 0 aromatic rings. The second kappa shape index (κ2) is 2.88. The monoisotopic (exact) mass is 246 g/mol. The molecule has 1 fully saturated rings. The van der Waals surface area contributed by atoms with E-state index in [1.54, 1.807) is 0 Å². The Bertz CT molecular complexity index is 219. The molecule has 0 N–H and O–H groups in total. The fraction of sp³-hybridized carbons (Fsp3) is 1.00. The lowest BCUT2D eigenvalue weighted by molar-refractivity contribution is -0.443. The molecule has 0 radical (unpaired) electrons. The van der Waals surface area contributed by atoms with Crippen molar-refractivity contribution in [1.29, 1.82) is 0 Å². The van der Waals surface area contributed by atoms with Crippen molar-refractivity contribution in [2.75, 3.05) is 0 Å². The van der Waals surface area contributed by atoms with Gasteiger partial charge in [-0.15, -0.1) is 0 Å². The molecular formula is C5H2ClF7O. The molecule has 0 aliphatic carbocycles. The predicted molar refractivity (Wildman–Crippen MR) is 30.5 cm³/mol. The largest absolute Gasteiger partial charge is 0.428 e. The lowest BCUT2D eigenvalue weighted by Crippen LogP contribution is -2.75. The Morgan fingerprint density at radius 2 is 1.50 bits per heavy atom. The highest BCUT2D eigenvalue weighted by Gasteiger charge is 2.83. The van der Waals surface area contributed by atoms with E-state index in [2.05, 4.69) is 16.3 Å². The highest BCUT2D eigenvalue weighted by molar-refractivity contribution is 6.22. The SMILES string of the molecule is F[C@@H]1O[C@@](C(F)(F)F)(C(F)(F)Cl)[C@H]1F. The molecule has 0 unspecified atom stereocenters. The standard InChI is InChI=1S/C5H2ClF7O/c6-4(9,10)3(5(11,12)13)1(7)2(8)14-3/h1-2H/t1-,2+,3+/m0/s1. The van der Waals surface area contributed by atoms with Crippen LogP contribution in [0.3, 0.4) is 0 Å². The quantitative estimate of drug-likeness (QED) is 0.511. The van der Waals surface area contributed by atoms with Crippen LogP contribution in [0.15, 0.2) is 0 Å². The Morgan fingerprint density at radius 1 is 1.07 bits per heavy atom. The van der Waals surface area contributed by atoms with Gasteiger partial charge in [0.25, 0.3) is 5.60 Å². The number of alkyl halides is 8. The lowest BCUT2D eigenvalue weighted by Gasteiger charge is -2.48. The van der Waals surface area contributed by atoms with Crippen LogP contribution < -0.4 is 0 Å². The van der Waals surface area contributed by atoms with E-state index in [1.165, 1.54) is 0 Å². The van der Waals surface area contributed by atoms with E-state index in [9.17, 15) is 30.7 Å². The highest BCUT2D eigenvalue weighted by Crippen LogP contribution is 2.57. The van der Waals surface area contributed by atoms with Gasteiger partial charge in [0.2, 0.25) is 12.5 Å². The molecule has 9 heteroatoms. The summed E-state index contributed by atoms with van der Waals surface area (Å²) in [6, 6.07) is 0. The zero-order valence-corrected chi connectivity index (χ0v) is 6.84. The molecule has 0 saturated carbocycles. The topological polar surface area (TPSA) is 9.23 Å². The van der Waals surface area contributed by atoms with Gasteiger partial charge >= 0.3 is 11.6 Å². The van der Waals surface area contributed by atoms with Crippen molar-refractivity contribution in [2.45, 2.75) is 29.7 Å². The molecule has 3 atom stereocenters. The van der Waals surface area contributed by atoms with Crippen LogP contribution in [0.2, 0.25) is 0 Å². The van der Waals surface area contributed by atoms with Crippen LogP contribution in [0.1, 0.15) is 0 Å². The number of hydrogen-bond acceptors (Lipinski definition) is 1. The van der Waals surface area contributed by atoms with Gasteiger partial charge in [0.05, 0.1) is 0 Å². The molecule has 1 aliphatic rings. The van der Waals surface area contributed by atoms with Gasteiger partial charge in [-0.2, -0.15) is 22.0 Å². The minimum Gasteiger partial charge on any atom is -0.319 e. The first-order valence-electron chi connectivity index (χ1n) is 3.13. The zero-order valence-electron chi connectivity index (χ0n) is 6.09. The summed E-state index contributed by atoms with van der Waals surface area (Å²) in [6.45, 7) is 0. The van der Waals surface area contributed by atoms with Gasteiger partial charge < -0.3 is 4.74 Å². The first-order chi connectivity index (χ1) is 6.04. The van der Waals surface area contributed by atoms with E-state index < -0.39 is 29.7 Å². The average Bonchev–Trinajstić information content (AvgIpc) is 1.93. The van der Waals surface area contributed by atoms with E-state index in [4.69, 9.17) is 0 Å². The molecule has 1 nitrogen and oxygen atoms in total. The van der Waals surface area contributed by atoms with Crippen molar-refractivity contribution >= 4 is 11.6 Å². The van der Waals surface area contributed by atoms with Crippen molar-refractivity contribution in [1.82, 2.24) is 0 Å². The summed E-state index contributed by atoms with van der Waals surface area (Å²) in [4.78, 5) is 0. The van der Waals surface area contributed by atoms with Gasteiger partial charge in [0.1, 0.15) is 0 Å². The van der Waals surface area contributed by atoms with Gasteiger partial charge in [0, 0.05) is 0 Å². The van der Waals surface area contributed by atoms with Crippen LogP contribution in [0, 0.1) is 0 Å². The molecular weight excluding hydrogens is 244 g/mol. The fourth-order valence-electron chi connectivity index (χ4n) is 1.02. The average molecular weight is 247 g/mol. The van der Waals surface area contributed by atoms with E-state index in [1.807, 2.05) is 0 Å². The summed E-state index contributed by atoms with van der Waals surface area (Å²) >= 11 is 4.05. The van der Waals surface area contributed by atoms with Crippen molar-refractivity contribution in [3.63, 3.8) is 0 Å². The Balaban J connectivity index is 3.08. The summed E-state index contributed by atoms with van der Waals surface area (Å²) in [5.41, 5.74) is -4.58. The first kappa shape index (κ1) is 11.8. The minimum atomic E-state index is -5.79. The van der Waals surface area contributed by atoms with Gasteiger partial charge in [-0.1, -0.05) is 0 Å². The third-order valence-electron chi connectivity index (χ3n) is 1.76. The van der Waals surface area contributed by atoms with Gasteiger partial charge in [-0.05, 0) is 11.6 Å². The van der Waals surface area contributed by atoms with E-state index in [0.717, 1.165) is 0 Å². The van der Waals surface area contributed by atoms with Crippen LogP contribution in [-0.2, 0) is 4.74 Å². The minimum absolute atomic E-state index is 3.04. The Labute approximate surface area is 77.8 Å². The Kier molecular flexibility index (Phi) is 2.43. The van der Waals surface area contributed by atoms with Crippen molar-refractivity contribution in [3.05, 3.63) is 0 Å². The smallest absolute Gasteiger partial charge is 0.319 e. The van der Waals surface area contributed by atoms with E-state index in [0.29, 0.717) is 0 Å². The summed E-state index contributed by atoms with van der Waals surface area (Å²) in [6.07, 6.45) is -12.4. The summed E-state index contributed by atoms with van der Waals surface area (Å²) in [5.74, 6) is 0. The number of halogens is 8. The van der Waals surface area contributed by atoms with Crippen LogP contribution >= 0.6 is 11.6 Å². The summed E-state index contributed by atoms with van der Waals surface area (Å²) in [7, 11) is 0. The molecule has 0 amide bonds. The molecule has 1 aliphatic heterocycles. The maximum absolute atomic E-state index is 12.4. The third kappa shape index (κ3) is 1.27. The Hall–Kier alpha value is -0.240. The molecule has 84 valence electrons. The first-order valence-corrected chi connectivity index (χ1v) is 3.51. The number of rotatable bonds is 1. The lowest BCUT2D eigenvalue weighted by atomic mass is 9.91. The second-order valence-electron chi connectivity index (χ2n) is 2.60. The van der Waals surface area contributed by atoms with Crippen molar-refractivity contribution in [2.24, 2.45) is 0 Å². The number of ether oxygens (including phenoxy) is 1. The molecule has 1 heterocycles. The highest BCUT2D eigenvalue weighted by atomic mass is 35.5. The van der Waals surface area contributed by atoms with Crippen molar-refractivity contribution in [3.8, 4) is 0 Å². The fourth-order valence-corrected chi connectivity index (χ4v) is 1.28. The van der Waals surface area contributed by atoms with Gasteiger partial charge in [-0.25, -0.2) is 8.78 Å². The molecule has 0 aromatic heterocycles. The van der Waals surface area contributed by atoms with Crippen LogP contribution in [0.5, 0.6) is 0 Å². The van der Waals surface area contributed by atoms with E-state index >= 15 is 0 Å². The zero-order chi connectivity index (χ0) is 11.4. The second-order valence-corrected chi connectivity index (χ2v) is 3.08. The van der Waals surface area contributed by atoms with Crippen LogP contribution in [0.4, 0.5) is 30.7 Å². The van der Waals surface area contributed by atoms with Gasteiger partial charge in [0.15, 0.2) is 0 Å². The van der Waals surface area contributed by atoms with Gasteiger partial charge in [-0.3, -0.25) is 0 Å². The predicted octanol–water partition coefficient (Wildman–Crippen LogP) is 2.78. The molecule has 0 bridgehead atoms. The molecule has 1 rings (SSSR count). The third-order valence-corrected chi connectivity index (χ3v) is 2.04. The normalized spacial score (nSPS) is 39.4. The number of hydrogen-bond donors (Lipinski definition) is 0. The van der Waals surface area contributed by atoms with Crippen molar-refractivity contribution < 1.29 is 35.5 Å². The van der Waals surface area contributed by atoms with E-state index in [-0.39, 0.29) is 0 Å². The van der Waals surface area contributed by atoms with Crippen LogP contribution in [0.25, 0.3) is 0 Å². The maximum atomic E-state index is 12.4. The molecule has 14 heavy (non-hydrogen) atoms.